The maximum atomic E-state index is 12.5. The fourth-order valence-corrected chi connectivity index (χ4v) is 3.34. The molecule has 3 rings (SSSR count). The van der Waals surface area contributed by atoms with E-state index in [1.165, 1.54) is 0 Å². The van der Waals surface area contributed by atoms with Crippen molar-refractivity contribution in [1.29, 1.82) is 0 Å². The van der Waals surface area contributed by atoms with Crippen LogP contribution in [0.2, 0.25) is 5.02 Å². The minimum atomic E-state index is -0.898. The molecule has 0 heterocycles. The minimum absolute atomic E-state index is 0.216. The lowest BCUT2D eigenvalue weighted by Gasteiger charge is -2.18. The molecule has 0 bridgehead atoms. The summed E-state index contributed by atoms with van der Waals surface area (Å²) >= 11 is 7.41. The van der Waals surface area contributed by atoms with Gasteiger partial charge in [-0.1, -0.05) is 41.9 Å². The number of nitrogens with one attached hydrogen (secondary N) is 1. The number of benzene rings is 2. The number of carbonyl (C=O) groups excluding carboxylic acids is 2. The molecule has 0 aliphatic heterocycles. The van der Waals surface area contributed by atoms with Gasteiger partial charge >= 0.3 is 5.97 Å². The van der Waals surface area contributed by atoms with E-state index in [1.54, 1.807) is 23.9 Å². The van der Waals surface area contributed by atoms with Crippen LogP contribution < -0.4 is 5.32 Å². The standard InChI is InChI=1S/C20H20ClNO3S/c21-15-6-10-17(11-7-15)26-13-12-18(23)25-19(14-4-2-1-3-5-14)20(24)22-16-8-9-16/h1-7,10-11,16,19H,8-9,12-13H2,(H,22,24)/t19-/m1/s1. The molecule has 0 spiro atoms. The first kappa shape index (κ1) is 18.8. The van der Waals surface area contributed by atoms with E-state index in [2.05, 4.69) is 5.32 Å². The molecule has 0 aromatic heterocycles. The number of carbonyl (C=O) groups is 2. The van der Waals surface area contributed by atoms with Crippen LogP contribution in [0.15, 0.2) is 59.5 Å². The van der Waals surface area contributed by atoms with Crippen LogP contribution in [0.1, 0.15) is 30.9 Å². The predicted molar refractivity (Wildman–Crippen MR) is 103 cm³/mol. The van der Waals surface area contributed by atoms with Gasteiger partial charge in [0.25, 0.3) is 5.91 Å². The van der Waals surface area contributed by atoms with Crippen LogP contribution in [-0.4, -0.2) is 23.7 Å². The van der Waals surface area contributed by atoms with Crippen LogP contribution >= 0.6 is 23.4 Å². The van der Waals surface area contributed by atoms with Crippen LogP contribution in [0.4, 0.5) is 0 Å². The van der Waals surface area contributed by atoms with Crippen molar-refractivity contribution in [3.63, 3.8) is 0 Å². The third kappa shape index (κ3) is 5.78. The fourth-order valence-electron chi connectivity index (χ4n) is 2.38. The smallest absolute Gasteiger partial charge is 0.307 e. The zero-order valence-electron chi connectivity index (χ0n) is 14.2. The summed E-state index contributed by atoms with van der Waals surface area (Å²) in [6.07, 6.45) is 1.30. The van der Waals surface area contributed by atoms with Gasteiger partial charge in [-0.3, -0.25) is 9.59 Å². The van der Waals surface area contributed by atoms with Crippen molar-refractivity contribution in [3.05, 3.63) is 65.2 Å². The average Bonchev–Trinajstić information content (AvgIpc) is 3.46. The van der Waals surface area contributed by atoms with Gasteiger partial charge < -0.3 is 10.1 Å². The number of amides is 1. The van der Waals surface area contributed by atoms with Gasteiger partial charge in [-0.15, -0.1) is 11.8 Å². The third-order valence-electron chi connectivity index (χ3n) is 3.90. The van der Waals surface area contributed by atoms with Gasteiger partial charge in [0, 0.05) is 27.3 Å². The lowest BCUT2D eigenvalue weighted by atomic mass is 10.1. The van der Waals surface area contributed by atoms with Crippen molar-refractivity contribution in [2.24, 2.45) is 0 Å². The van der Waals surface area contributed by atoms with E-state index in [-0.39, 0.29) is 24.3 Å². The summed E-state index contributed by atoms with van der Waals surface area (Å²) in [7, 11) is 0. The molecule has 0 saturated heterocycles. The molecule has 1 amide bonds. The molecular weight excluding hydrogens is 370 g/mol. The normalized spacial score (nSPS) is 14.5. The molecule has 1 N–H and O–H groups in total. The first-order chi connectivity index (χ1) is 12.6. The van der Waals surface area contributed by atoms with E-state index in [1.807, 2.05) is 42.5 Å². The maximum Gasteiger partial charge on any atom is 0.307 e. The Labute approximate surface area is 162 Å². The van der Waals surface area contributed by atoms with Gasteiger partial charge in [0.2, 0.25) is 6.10 Å². The van der Waals surface area contributed by atoms with Gasteiger partial charge in [0.1, 0.15) is 0 Å². The third-order valence-corrected chi connectivity index (χ3v) is 5.17. The molecule has 6 heteroatoms. The second kappa shape index (κ2) is 9.10. The van der Waals surface area contributed by atoms with Gasteiger partial charge in [-0.2, -0.15) is 0 Å². The molecule has 2 aromatic rings. The number of rotatable bonds is 8. The molecule has 26 heavy (non-hydrogen) atoms. The number of ether oxygens (including phenoxy) is 1. The Morgan fingerprint density at radius 3 is 2.46 bits per heavy atom. The van der Waals surface area contributed by atoms with Gasteiger partial charge in [0.15, 0.2) is 0 Å². The summed E-state index contributed by atoms with van der Waals surface area (Å²) in [5, 5.41) is 3.59. The van der Waals surface area contributed by atoms with Crippen LogP contribution in [0, 0.1) is 0 Å². The van der Waals surface area contributed by atoms with E-state index < -0.39 is 6.10 Å². The predicted octanol–water partition coefficient (Wildman–Crippen LogP) is 4.39. The largest absolute Gasteiger partial charge is 0.447 e. The Morgan fingerprint density at radius 1 is 1.12 bits per heavy atom. The van der Waals surface area contributed by atoms with Crippen molar-refractivity contribution < 1.29 is 14.3 Å². The molecule has 1 fully saturated rings. The highest BCUT2D eigenvalue weighted by Gasteiger charge is 2.30. The molecule has 4 nitrogen and oxygen atoms in total. The molecule has 1 aliphatic carbocycles. The van der Waals surface area contributed by atoms with Crippen LogP contribution in [-0.2, 0) is 14.3 Å². The first-order valence-electron chi connectivity index (χ1n) is 8.55. The van der Waals surface area contributed by atoms with Crippen LogP contribution in [0.3, 0.4) is 0 Å². The Hall–Kier alpha value is -1.98. The first-order valence-corrected chi connectivity index (χ1v) is 9.91. The van der Waals surface area contributed by atoms with Gasteiger partial charge in [0.05, 0.1) is 6.42 Å². The molecule has 0 unspecified atom stereocenters. The lowest BCUT2D eigenvalue weighted by Crippen LogP contribution is -2.33. The molecule has 136 valence electrons. The zero-order valence-corrected chi connectivity index (χ0v) is 15.8. The number of thioether (sulfide) groups is 1. The van der Waals surface area contributed by atoms with Crippen LogP contribution in [0.25, 0.3) is 0 Å². The summed E-state index contributed by atoms with van der Waals surface area (Å²) in [5.74, 6) is -0.0599. The zero-order chi connectivity index (χ0) is 18.4. The summed E-state index contributed by atoms with van der Waals surface area (Å²) < 4.78 is 5.50. The van der Waals surface area contributed by atoms with Crippen molar-refractivity contribution in [1.82, 2.24) is 5.32 Å². The topological polar surface area (TPSA) is 55.4 Å². The minimum Gasteiger partial charge on any atom is -0.447 e. The van der Waals surface area contributed by atoms with E-state index in [0.717, 1.165) is 17.7 Å². The Morgan fingerprint density at radius 2 is 1.81 bits per heavy atom. The summed E-state index contributed by atoms with van der Waals surface area (Å²) in [5.41, 5.74) is 0.685. The number of esters is 1. The van der Waals surface area contributed by atoms with E-state index in [0.29, 0.717) is 16.3 Å². The molecule has 1 saturated carbocycles. The molecule has 1 aliphatic rings. The fraction of sp³-hybridized carbons (Fsp3) is 0.300. The average molecular weight is 390 g/mol. The second-order valence-electron chi connectivity index (χ2n) is 6.12. The highest BCUT2D eigenvalue weighted by atomic mass is 35.5. The van der Waals surface area contributed by atoms with Crippen molar-refractivity contribution in [3.8, 4) is 0 Å². The quantitative estimate of drug-likeness (QED) is 0.537. The van der Waals surface area contributed by atoms with Gasteiger partial charge in [-0.25, -0.2) is 0 Å². The number of hydrogen-bond donors (Lipinski definition) is 1. The Balaban J connectivity index is 1.54. The second-order valence-corrected chi connectivity index (χ2v) is 7.72. The highest BCUT2D eigenvalue weighted by molar-refractivity contribution is 7.99. The Bertz CT molecular complexity index is 747. The molecule has 0 radical (unpaired) electrons. The monoisotopic (exact) mass is 389 g/mol. The number of halogens is 1. The highest BCUT2D eigenvalue weighted by Crippen LogP contribution is 2.25. The summed E-state index contributed by atoms with van der Waals surface area (Å²) in [6, 6.07) is 16.8. The van der Waals surface area contributed by atoms with Crippen LogP contribution in [0.5, 0.6) is 0 Å². The molecule has 1 atom stereocenters. The lowest BCUT2D eigenvalue weighted by molar-refractivity contribution is -0.156. The maximum absolute atomic E-state index is 12.5. The van der Waals surface area contributed by atoms with Crippen molar-refractivity contribution in [2.45, 2.75) is 36.3 Å². The summed E-state index contributed by atoms with van der Waals surface area (Å²) in [6.45, 7) is 0. The van der Waals surface area contributed by atoms with E-state index in [9.17, 15) is 9.59 Å². The number of hydrogen-bond acceptors (Lipinski definition) is 4. The molecule has 2 aromatic carbocycles. The summed E-state index contributed by atoms with van der Waals surface area (Å²) in [4.78, 5) is 25.7. The van der Waals surface area contributed by atoms with Gasteiger partial charge in [-0.05, 0) is 37.1 Å². The van der Waals surface area contributed by atoms with E-state index >= 15 is 0 Å². The SMILES string of the molecule is O=C(CCSc1ccc(Cl)cc1)O[C@@H](C(=O)NC1CC1)c1ccccc1. The van der Waals surface area contributed by atoms with Crippen molar-refractivity contribution >= 4 is 35.2 Å². The molecular formula is C20H20ClNO3S. The van der Waals surface area contributed by atoms with Crippen molar-refractivity contribution in [2.75, 3.05) is 5.75 Å². The Kier molecular flexibility index (Phi) is 6.58. The van der Waals surface area contributed by atoms with E-state index in [4.69, 9.17) is 16.3 Å².